The molecule has 1 amide bonds. The van der Waals surface area contributed by atoms with Crippen LogP contribution in [0.25, 0.3) is 0 Å². The zero-order chi connectivity index (χ0) is 29.7. The maximum Gasteiger partial charge on any atom is 0.410 e. The Labute approximate surface area is 242 Å². The zero-order valence-corrected chi connectivity index (χ0v) is 24.7. The molecule has 41 heavy (non-hydrogen) atoms. The van der Waals surface area contributed by atoms with Crippen LogP contribution in [0.1, 0.15) is 74.0 Å². The predicted molar refractivity (Wildman–Crippen MR) is 157 cm³/mol. The highest BCUT2D eigenvalue weighted by molar-refractivity contribution is 5.69. The van der Waals surface area contributed by atoms with Crippen LogP contribution in [0.15, 0.2) is 66.7 Å². The van der Waals surface area contributed by atoms with Crippen molar-refractivity contribution in [2.75, 3.05) is 6.54 Å². The fourth-order valence-electron chi connectivity index (χ4n) is 5.67. The summed E-state index contributed by atoms with van der Waals surface area (Å²) in [5.74, 6) is -1.48. The molecule has 220 valence electrons. The number of carbonyl (C=O) groups is 1. The third kappa shape index (κ3) is 8.14. The van der Waals surface area contributed by atoms with Crippen LogP contribution in [-0.2, 0) is 17.8 Å². The molecular weight excluding hydrogens is 522 g/mol. The predicted octanol–water partition coefficient (Wildman–Crippen LogP) is 7.48. The molecule has 1 fully saturated rings. The van der Waals surface area contributed by atoms with E-state index in [1.54, 1.807) is 4.90 Å². The van der Waals surface area contributed by atoms with Gasteiger partial charge in [0, 0.05) is 37.8 Å². The number of aliphatic hydroxyl groups excluding tert-OH is 1. The van der Waals surface area contributed by atoms with Gasteiger partial charge in [0.2, 0.25) is 0 Å². The van der Waals surface area contributed by atoms with Gasteiger partial charge < -0.3 is 14.7 Å². The first-order valence-corrected chi connectivity index (χ1v) is 14.4. The second-order valence-electron chi connectivity index (χ2n) is 12.2. The minimum absolute atomic E-state index is 0.175. The highest BCUT2D eigenvalue weighted by Crippen LogP contribution is 2.34. The molecule has 3 aromatic rings. The van der Waals surface area contributed by atoms with Gasteiger partial charge in [0.15, 0.2) is 0 Å². The summed E-state index contributed by atoms with van der Waals surface area (Å²) in [5.41, 5.74) is 3.96. The van der Waals surface area contributed by atoms with E-state index in [0.29, 0.717) is 26.1 Å². The summed E-state index contributed by atoms with van der Waals surface area (Å²) in [5, 5.41) is 11.9. The van der Waals surface area contributed by atoms with E-state index in [0.717, 1.165) is 41.2 Å². The highest BCUT2D eigenvalue weighted by atomic mass is 19.1. The van der Waals surface area contributed by atoms with Crippen molar-refractivity contribution in [2.24, 2.45) is 0 Å². The molecular formula is C34H42F2N2O3. The number of ether oxygens (including phenoxy) is 1. The summed E-state index contributed by atoms with van der Waals surface area (Å²) in [6, 6.07) is 18.6. The molecule has 1 aliphatic heterocycles. The van der Waals surface area contributed by atoms with E-state index in [2.05, 4.69) is 43.0 Å². The van der Waals surface area contributed by atoms with Crippen molar-refractivity contribution < 1.29 is 23.4 Å². The topological polar surface area (TPSA) is 53.0 Å². The fourth-order valence-corrected chi connectivity index (χ4v) is 5.67. The molecule has 1 aliphatic rings. The molecule has 1 N–H and O–H groups in total. The lowest BCUT2D eigenvalue weighted by atomic mass is 9.92. The van der Waals surface area contributed by atoms with Gasteiger partial charge in [-0.1, -0.05) is 48.5 Å². The van der Waals surface area contributed by atoms with Crippen LogP contribution in [-0.4, -0.2) is 45.2 Å². The monoisotopic (exact) mass is 564 g/mol. The molecule has 0 aliphatic carbocycles. The normalized spacial score (nSPS) is 17.1. The van der Waals surface area contributed by atoms with Crippen LogP contribution in [0, 0.1) is 25.5 Å². The number of benzene rings is 3. The molecule has 5 nitrogen and oxygen atoms in total. The largest absolute Gasteiger partial charge is 0.444 e. The Morgan fingerprint density at radius 1 is 0.976 bits per heavy atom. The van der Waals surface area contributed by atoms with Crippen LogP contribution >= 0.6 is 0 Å². The lowest BCUT2D eigenvalue weighted by Gasteiger charge is -2.39. The zero-order valence-electron chi connectivity index (χ0n) is 24.7. The van der Waals surface area contributed by atoms with Crippen molar-refractivity contribution in [3.05, 3.63) is 106 Å². The highest BCUT2D eigenvalue weighted by Gasteiger charge is 2.38. The Balaban J connectivity index is 1.75. The lowest BCUT2D eigenvalue weighted by Crippen LogP contribution is -2.46. The standard InChI is InChI=1S/C34H42F2N2O3/c1-23-11-6-8-13-25(23)21-37(22-26-14-9-7-12-24(26)2)31(32(39)27-17-28(35)19-29(36)18-27)20-30-15-10-16-38(30)33(40)41-34(3,4)5/h6-9,11-14,17-19,30-32,39H,10,15-16,20-22H2,1-5H3/t30-,31?,32?/m1/s1. The molecule has 3 atom stereocenters. The Kier molecular flexibility index (Phi) is 9.82. The van der Waals surface area contributed by atoms with Crippen molar-refractivity contribution >= 4 is 6.09 Å². The maximum atomic E-state index is 14.3. The van der Waals surface area contributed by atoms with Gasteiger partial charge in [0.1, 0.15) is 17.2 Å². The average molecular weight is 565 g/mol. The average Bonchev–Trinajstić information content (AvgIpc) is 3.36. The van der Waals surface area contributed by atoms with Crippen LogP contribution < -0.4 is 0 Å². The van der Waals surface area contributed by atoms with Gasteiger partial charge in [-0.05, 0) is 93.8 Å². The maximum absolute atomic E-state index is 14.3. The molecule has 0 aromatic heterocycles. The Morgan fingerprint density at radius 3 is 2.02 bits per heavy atom. The SMILES string of the molecule is Cc1ccccc1CN(Cc1ccccc1C)C(C[C@H]1CCCN1C(=O)OC(C)(C)C)C(O)c1cc(F)cc(F)c1. The number of halogens is 2. The lowest BCUT2D eigenvalue weighted by molar-refractivity contribution is 0.00298. The van der Waals surface area contributed by atoms with Gasteiger partial charge >= 0.3 is 6.09 Å². The minimum Gasteiger partial charge on any atom is -0.444 e. The van der Waals surface area contributed by atoms with E-state index >= 15 is 0 Å². The smallest absolute Gasteiger partial charge is 0.410 e. The summed E-state index contributed by atoms with van der Waals surface area (Å²) in [6.07, 6.45) is 0.402. The van der Waals surface area contributed by atoms with E-state index in [4.69, 9.17) is 4.74 Å². The van der Waals surface area contributed by atoms with Gasteiger partial charge in [0.25, 0.3) is 0 Å². The molecule has 0 radical (unpaired) electrons. The van der Waals surface area contributed by atoms with Gasteiger partial charge in [0.05, 0.1) is 6.10 Å². The number of hydrogen-bond donors (Lipinski definition) is 1. The Hall–Kier alpha value is -3.29. The van der Waals surface area contributed by atoms with E-state index in [1.807, 2.05) is 45.0 Å². The Morgan fingerprint density at radius 2 is 1.51 bits per heavy atom. The molecule has 1 saturated heterocycles. The summed E-state index contributed by atoms with van der Waals surface area (Å²) in [6.45, 7) is 11.2. The minimum atomic E-state index is -1.20. The second kappa shape index (κ2) is 13.1. The van der Waals surface area contributed by atoms with Gasteiger partial charge in [-0.15, -0.1) is 0 Å². The van der Waals surface area contributed by atoms with Gasteiger partial charge in [-0.25, -0.2) is 13.6 Å². The Bertz CT molecular complexity index is 1270. The van der Waals surface area contributed by atoms with Crippen molar-refractivity contribution in [1.29, 1.82) is 0 Å². The van der Waals surface area contributed by atoms with Crippen LogP contribution in [0.4, 0.5) is 13.6 Å². The molecule has 0 bridgehead atoms. The molecule has 7 heteroatoms. The van der Waals surface area contributed by atoms with E-state index in [-0.39, 0.29) is 17.7 Å². The summed E-state index contributed by atoms with van der Waals surface area (Å²) >= 11 is 0. The number of hydrogen-bond acceptors (Lipinski definition) is 4. The molecule has 4 rings (SSSR count). The first-order chi connectivity index (χ1) is 19.4. The third-order valence-electron chi connectivity index (χ3n) is 7.85. The number of aliphatic hydroxyl groups is 1. The van der Waals surface area contributed by atoms with E-state index in [1.165, 1.54) is 12.1 Å². The summed E-state index contributed by atoms with van der Waals surface area (Å²) in [7, 11) is 0. The number of likely N-dealkylation sites (tertiary alicyclic amines) is 1. The molecule has 1 heterocycles. The van der Waals surface area contributed by atoms with Crippen LogP contribution in [0.3, 0.4) is 0 Å². The van der Waals surface area contributed by atoms with Gasteiger partial charge in [-0.3, -0.25) is 4.90 Å². The van der Waals surface area contributed by atoms with Crippen molar-refractivity contribution in [3.8, 4) is 0 Å². The number of carbonyl (C=O) groups excluding carboxylic acids is 1. The third-order valence-corrected chi connectivity index (χ3v) is 7.85. The van der Waals surface area contributed by atoms with Crippen molar-refractivity contribution in [3.63, 3.8) is 0 Å². The quantitative estimate of drug-likeness (QED) is 0.293. The van der Waals surface area contributed by atoms with E-state index in [9.17, 15) is 18.7 Å². The van der Waals surface area contributed by atoms with Crippen molar-refractivity contribution in [1.82, 2.24) is 9.80 Å². The molecule has 2 unspecified atom stereocenters. The molecule has 0 spiro atoms. The van der Waals surface area contributed by atoms with E-state index < -0.39 is 29.4 Å². The van der Waals surface area contributed by atoms with Gasteiger partial charge in [-0.2, -0.15) is 0 Å². The van der Waals surface area contributed by atoms with Crippen LogP contribution in [0.2, 0.25) is 0 Å². The number of nitrogens with zero attached hydrogens (tertiary/aromatic N) is 2. The number of aryl methyl sites for hydroxylation is 2. The van der Waals surface area contributed by atoms with Crippen molar-refractivity contribution in [2.45, 2.75) is 90.8 Å². The second-order valence-corrected chi connectivity index (χ2v) is 12.2. The number of rotatable bonds is 9. The first-order valence-electron chi connectivity index (χ1n) is 14.4. The van der Waals surface area contributed by atoms with Crippen LogP contribution in [0.5, 0.6) is 0 Å². The molecule has 3 aromatic carbocycles. The first kappa shape index (κ1) is 30.7. The summed E-state index contributed by atoms with van der Waals surface area (Å²) < 4.78 is 34.4. The number of amides is 1. The summed E-state index contributed by atoms with van der Waals surface area (Å²) in [4.78, 5) is 17.1. The molecule has 0 saturated carbocycles. The fraction of sp³-hybridized carbons (Fsp3) is 0.441.